The highest BCUT2D eigenvalue weighted by molar-refractivity contribution is 9.10. The average molecular weight is 444 g/mol. The highest BCUT2D eigenvalue weighted by Gasteiger charge is 2.52. The fourth-order valence-corrected chi connectivity index (χ4v) is 9.54. The van der Waals surface area contributed by atoms with Gasteiger partial charge in [-0.25, -0.2) is 0 Å². The standard InChI is InChI=1S/C25H34BrNO/c26-22-3-1-2-21-18(4-9-28)15-25(23(21)22)5-7-27(8-6-25)24-19-11-16-10-17(13-19)14-20(24)12-16/h1-3,16-20,24,28H,4-15H2. The smallest absolute Gasteiger partial charge is 0.0436 e. The average Bonchev–Trinajstić information content (AvgIpc) is 2.97. The van der Waals surface area contributed by atoms with Crippen LogP contribution in [0.3, 0.4) is 0 Å². The summed E-state index contributed by atoms with van der Waals surface area (Å²) in [6, 6.07) is 7.67. The summed E-state index contributed by atoms with van der Waals surface area (Å²) in [7, 11) is 0. The van der Waals surface area contributed by atoms with Crippen molar-refractivity contribution >= 4 is 15.9 Å². The van der Waals surface area contributed by atoms with Crippen molar-refractivity contribution in [2.45, 2.75) is 75.2 Å². The Morgan fingerprint density at radius 3 is 2.32 bits per heavy atom. The van der Waals surface area contributed by atoms with Gasteiger partial charge in [-0.3, -0.25) is 4.90 Å². The Morgan fingerprint density at radius 2 is 1.68 bits per heavy atom. The Hall–Kier alpha value is -0.380. The lowest BCUT2D eigenvalue weighted by atomic mass is 9.53. The van der Waals surface area contributed by atoms with Crippen molar-refractivity contribution in [2.24, 2.45) is 23.7 Å². The van der Waals surface area contributed by atoms with Gasteiger partial charge in [0.05, 0.1) is 0 Å². The van der Waals surface area contributed by atoms with E-state index in [2.05, 4.69) is 39.0 Å². The molecule has 5 aliphatic carbocycles. The minimum atomic E-state index is 0.312. The fraction of sp³-hybridized carbons (Fsp3) is 0.760. The van der Waals surface area contributed by atoms with Crippen LogP contribution in [-0.2, 0) is 5.41 Å². The van der Waals surface area contributed by atoms with E-state index in [4.69, 9.17) is 0 Å². The zero-order chi connectivity index (χ0) is 18.9. The molecule has 0 radical (unpaired) electrons. The van der Waals surface area contributed by atoms with Gasteiger partial charge in [0.15, 0.2) is 0 Å². The molecule has 1 saturated heterocycles. The Bertz CT molecular complexity index is 725. The lowest BCUT2D eigenvalue weighted by Crippen LogP contribution is -2.58. The first-order valence-corrected chi connectivity index (χ1v) is 12.6. The second kappa shape index (κ2) is 6.82. The molecule has 1 unspecified atom stereocenters. The van der Waals surface area contributed by atoms with Gasteiger partial charge >= 0.3 is 0 Å². The fourth-order valence-electron chi connectivity index (χ4n) is 8.73. The molecule has 4 saturated carbocycles. The van der Waals surface area contributed by atoms with Crippen LogP contribution in [0.15, 0.2) is 22.7 Å². The SMILES string of the molecule is OCCC1CC2(CCN(C3C4CC5CC(C4)CC3C5)CC2)c2c(Br)cccc21. The summed E-state index contributed by atoms with van der Waals surface area (Å²) in [4.78, 5) is 2.94. The molecule has 1 spiro atoms. The number of aliphatic hydroxyl groups excluding tert-OH is 1. The van der Waals surface area contributed by atoms with Gasteiger partial charge < -0.3 is 5.11 Å². The molecular formula is C25H34BrNO. The molecule has 1 N–H and O–H groups in total. The van der Waals surface area contributed by atoms with Crippen molar-refractivity contribution < 1.29 is 5.11 Å². The summed E-state index contributed by atoms with van der Waals surface area (Å²) < 4.78 is 1.31. The molecule has 4 bridgehead atoms. The Morgan fingerprint density at radius 1 is 1.00 bits per heavy atom. The topological polar surface area (TPSA) is 23.5 Å². The summed E-state index contributed by atoms with van der Waals surface area (Å²) in [6.45, 7) is 2.89. The van der Waals surface area contributed by atoms with Gasteiger partial charge in [-0.15, -0.1) is 0 Å². The zero-order valence-electron chi connectivity index (χ0n) is 17.0. The van der Waals surface area contributed by atoms with Crippen molar-refractivity contribution in [3.63, 3.8) is 0 Å². The summed E-state index contributed by atoms with van der Waals surface area (Å²) in [5, 5.41) is 9.62. The van der Waals surface area contributed by atoms with Crippen molar-refractivity contribution in [2.75, 3.05) is 19.7 Å². The number of nitrogens with zero attached hydrogens (tertiary/aromatic N) is 1. The van der Waals surface area contributed by atoms with Crippen LogP contribution in [-0.4, -0.2) is 35.7 Å². The molecule has 6 aliphatic rings. The third kappa shape index (κ3) is 2.72. The van der Waals surface area contributed by atoms with E-state index in [1.165, 1.54) is 68.1 Å². The van der Waals surface area contributed by atoms with Gasteiger partial charge in [0.2, 0.25) is 0 Å². The summed E-state index contributed by atoms with van der Waals surface area (Å²) >= 11 is 3.90. The maximum absolute atomic E-state index is 9.62. The molecule has 0 aromatic heterocycles. The van der Waals surface area contributed by atoms with Crippen molar-refractivity contribution in [3.05, 3.63) is 33.8 Å². The van der Waals surface area contributed by atoms with Crippen molar-refractivity contribution in [1.29, 1.82) is 0 Å². The highest BCUT2D eigenvalue weighted by atomic mass is 79.9. The monoisotopic (exact) mass is 443 g/mol. The van der Waals surface area contributed by atoms with Gasteiger partial charge in [0.1, 0.15) is 0 Å². The van der Waals surface area contributed by atoms with E-state index in [9.17, 15) is 5.11 Å². The maximum atomic E-state index is 9.62. The van der Waals surface area contributed by atoms with E-state index in [-0.39, 0.29) is 0 Å². The van der Waals surface area contributed by atoms with E-state index in [1.54, 1.807) is 12.0 Å². The van der Waals surface area contributed by atoms with Crippen LogP contribution in [0, 0.1) is 23.7 Å². The first kappa shape index (κ1) is 18.4. The summed E-state index contributed by atoms with van der Waals surface area (Å²) in [6.07, 6.45) is 12.5. The molecule has 1 atom stereocenters. The Labute approximate surface area is 178 Å². The minimum absolute atomic E-state index is 0.312. The third-order valence-corrected chi connectivity index (χ3v) is 10.1. The molecule has 5 fully saturated rings. The highest BCUT2D eigenvalue weighted by Crippen LogP contribution is 2.58. The van der Waals surface area contributed by atoms with Crippen LogP contribution < -0.4 is 0 Å². The molecule has 3 heteroatoms. The van der Waals surface area contributed by atoms with Crippen molar-refractivity contribution in [3.8, 4) is 0 Å². The quantitative estimate of drug-likeness (QED) is 0.668. The van der Waals surface area contributed by atoms with E-state index in [0.717, 1.165) is 36.1 Å². The van der Waals surface area contributed by atoms with Gasteiger partial charge in [-0.2, -0.15) is 0 Å². The van der Waals surface area contributed by atoms with Gasteiger partial charge in [-0.05, 0) is 123 Å². The lowest BCUT2D eigenvalue weighted by Gasteiger charge is -2.58. The largest absolute Gasteiger partial charge is 0.396 e. The van der Waals surface area contributed by atoms with E-state index < -0.39 is 0 Å². The summed E-state index contributed by atoms with van der Waals surface area (Å²) in [5.41, 5.74) is 3.46. The number of hydrogen-bond donors (Lipinski definition) is 1. The third-order valence-electron chi connectivity index (χ3n) is 9.48. The second-order valence-electron chi connectivity index (χ2n) is 10.9. The first-order chi connectivity index (χ1) is 13.7. The summed E-state index contributed by atoms with van der Waals surface area (Å²) in [5.74, 6) is 4.72. The van der Waals surface area contributed by atoms with E-state index in [0.29, 0.717) is 17.9 Å². The van der Waals surface area contributed by atoms with Crippen LogP contribution in [0.5, 0.6) is 0 Å². The van der Waals surface area contributed by atoms with Crippen LogP contribution in [0.25, 0.3) is 0 Å². The van der Waals surface area contributed by atoms with Gasteiger partial charge in [-0.1, -0.05) is 28.1 Å². The molecule has 1 aromatic carbocycles. The van der Waals surface area contributed by atoms with E-state index in [1.807, 2.05) is 0 Å². The number of rotatable bonds is 3. The predicted molar refractivity (Wildman–Crippen MR) is 117 cm³/mol. The molecule has 1 aliphatic heterocycles. The van der Waals surface area contributed by atoms with Crippen LogP contribution in [0.2, 0.25) is 0 Å². The number of hydrogen-bond acceptors (Lipinski definition) is 2. The number of halogens is 1. The van der Waals surface area contributed by atoms with Crippen molar-refractivity contribution in [1.82, 2.24) is 4.90 Å². The van der Waals surface area contributed by atoms with Crippen LogP contribution in [0.1, 0.15) is 74.8 Å². The number of fused-ring (bicyclic) bond motifs is 2. The molecule has 152 valence electrons. The molecule has 1 heterocycles. The number of aliphatic hydroxyl groups is 1. The molecule has 7 rings (SSSR count). The Balaban J connectivity index is 1.23. The molecule has 1 aromatic rings. The maximum Gasteiger partial charge on any atom is 0.0436 e. The zero-order valence-corrected chi connectivity index (χ0v) is 18.5. The second-order valence-corrected chi connectivity index (χ2v) is 11.7. The predicted octanol–water partition coefficient (Wildman–Crippen LogP) is 5.48. The molecule has 28 heavy (non-hydrogen) atoms. The first-order valence-electron chi connectivity index (χ1n) is 11.8. The minimum Gasteiger partial charge on any atom is -0.396 e. The number of likely N-dealkylation sites (tertiary alicyclic amines) is 1. The van der Waals surface area contributed by atoms with Crippen LogP contribution >= 0.6 is 15.9 Å². The molecule has 2 nitrogen and oxygen atoms in total. The Kier molecular flexibility index (Phi) is 4.48. The number of benzene rings is 1. The number of piperidine rings is 1. The van der Waals surface area contributed by atoms with Gasteiger partial charge in [0, 0.05) is 17.1 Å². The normalized spacial score (nSPS) is 40.9. The van der Waals surface area contributed by atoms with E-state index >= 15 is 0 Å². The lowest BCUT2D eigenvalue weighted by molar-refractivity contribution is -0.0757. The molecule has 0 amide bonds. The van der Waals surface area contributed by atoms with Gasteiger partial charge in [0.25, 0.3) is 0 Å². The van der Waals surface area contributed by atoms with Crippen LogP contribution in [0.4, 0.5) is 0 Å². The molecular weight excluding hydrogens is 410 g/mol.